The molecule has 5 heteroatoms. The summed E-state index contributed by atoms with van der Waals surface area (Å²) in [6, 6.07) is 9.92. The first-order valence-corrected chi connectivity index (χ1v) is 7.17. The lowest BCUT2D eigenvalue weighted by molar-refractivity contribution is 0.326. The molecule has 0 radical (unpaired) electrons. The molecule has 0 aliphatic rings. The quantitative estimate of drug-likeness (QED) is 0.827. The fraction of sp³-hybridized carbons (Fsp3) is 0.375. The van der Waals surface area contributed by atoms with E-state index in [2.05, 4.69) is 28.7 Å². The van der Waals surface area contributed by atoms with Crippen LogP contribution < -0.4 is 15.4 Å². The maximum atomic E-state index is 5.73. The Balaban J connectivity index is 2.22. The summed E-state index contributed by atoms with van der Waals surface area (Å²) in [6.45, 7) is 7.50. The van der Waals surface area contributed by atoms with Gasteiger partial charge in [0.1, 0.15) is 0 Å². The van der Waals surface area contributed by atoms with Gasteiger partial charge in [-0.3, -0.25) is 0 Å². The zero-order chi connectivity index (χ0) is 15.2. The molecule has 2 aromatic rings. The van der Waals surface area contributed by atoms with Gasteiger partial charge in [0.2, 0.25) is 11.8 Å². The number of hydrogen-bond acceptors (Lipinski definition) is 5. The zero-order valence-electron chi connectivity index (χ0n) is 12.8. The molecule has 21 heavy (non-hydrogen) atoms. The van der Waals surface area contributed by atoms with Gasteiger partial charge >= 0.3 is 0 Å². The molecule has 2 rings (SSSR count). The molecule has 0 saturated carbocycles. The van der Waals surface area contributed by atoms with Crippen LogP contribution in [0.3, 0.4) is 0 Å². The average molecular weight is 286 g/mol. The normalized spacial score (nSPS) is 10.7. The molecule has 1 heterocycles. The van der Waals surface area contributed by atoms with Crippen molar-refractivity contribution in [1.82, 2.24) is 9.97 Å². The summed E-state index contributed by atoms with van der Waals surface area (Å²) in [6.07, 6.45) is 1.73. The van der Waals surface area contributed by atoms with Gasteiger partial charge in [-0.2, -0.15) is 4.98 Å². The number of ether oxygens (including phenoxy) is 1. The van der Waals surface area contributed by atoms with Crippen molar-refractivity contribution in [2.75, 3.05) is 17.2 Å². The summed E-state index contributed by atoms with van der Waals surface area (Å²) in [4.78, 5) is 11.0. The van der Waals surface area contributed by atoms with E-state index in [1.807, 2.05) is 31.2 Å². The van der Waals surface area contributed by atoms with Crippen LogP contribution >= 0.6 is 0 Å². The molecule has 1 aromatic heterocycles. The van der Waals surface area contributed by atoms with Gasteiger partial charge in [0.25, 0.3) is 0 Å². The fourth-order valence-corrected chi connectivity index (χ4v) is 2.00. The summed E-state index contributed by atoms with van der Waals surface area (Å²) < 4.78 is 5.45. The van der Waals surface area contributed by atoms with Gasteiger partial charge in [0.05, 0.1) is 6.61 Å². The van der Waals surface area contributed by atoms with E-state index in [9.17, 15) is 0 Å². The summed E-state index contributed by atoms with van der Waals surface area (Å²) in [7, 11) is 0. The second-order valence-electron chi connectivity index (χ2n) is 5.09. The third-order valence-corrected chi connectivity index (χ3v) is 3.12. The van der Waals surface area contributed by atoms with Crippen molar-refractivity contribution in [3.63, 3.8) is 0 Å². The standard InChI is InChI=1S/C16H22N4O/c1-4-21-15-9-10-18-16(19-15)20(12(2)3)11-13-5-7-14(17)8-6-13/h5-10,12H,4,11,17H2,1-3H3. The van der Waals surface area contributed by atoms with Crippen LogP contribution in [0.25, 0.3) is 0 Å². The summed E-state index contributed by atoms with van der Waals surface area (Å²) in [5.74, 6) is 1.28. The number of anilines is 2. The lowest BCUT2D eigenvalue weighted by Crippen LogP contribution is -2.31. The molecule has 0 aliphatic heterocycles. The first-order chi connectivity index (χ1) is 10.1. The Morgan fingerprint density at radius 1 is 1.19 bits per heavy atom. The number of hydrogen-bond donors (Lipinski definition) is 1. The molecule has 0 amide bonds. The molecule has 112 valence electrons. The van der Waals surface area contributed by atoms with Crippen molar-refractivity contribution in [1.29, 1.82) is 0 Å². The second-order valence-corrected chi connectivity index (χ2v) is 5.09. The highest BCUT2D eigenvalue weighted by Crippen LogP contribution is 2.18. The number of nitrogen functional groups attached to an aromatic ring is 1. The Labute approximate surface area is 125 Å². The van der Waals surface area contributed by atoms with E-state index in [1.165, 1.54) is 5.56 Å². The van der Waals surface area contributed by atoms with Gasteiger partial charge in [0.15, 0.2) is 0 Å². The molecule has 1 aromatic carbocycles. The number of nitrogens with two attached hydrogens (primary N) is 1. The molecule has 0 atom stereocenters. The van der Waals surface area contributed by atoms with E-state index >= 15 is 0 Å². The molecule has 0 aliphatic carbocycles. The van der Waals surface area contributed by atoms with Crippen molar-refractivity contribution in [2.45, 2.75) is 33.4 Å². The van der Waals surface area contributed by atoms with E-state index in [-0.39, 0.29) is 6.04 Å². The van der Waals surface area contributed by atoms with Crippen LogP contribution in [-0.4, -0.2) is 22.6 Å². The Morgan fingerprint density at radius 2 is 1.90 bits per heavy atom. The van der Waals surface area contributed by atoms with Crippen LogP contribution in [0.2, 0.25) is 0 Å². The van der Waals surface area contributed by atoms with Gasteiger partial charge in [-0.15, -0.1) is 0 Å². The molecule has 2 N–H and O–H groups in total. The Kier molecular flexibility index (Phi) is 4.98. The van der Waals surface area contributed by atoms with Gasteiger partial charge in [-0.25, -0.2) is 4.98 Å². The topological polar surface area (TPSA) is 64.3 Å². The highest BCUT2D eigenvalue weighted by molar-refractivity contribution is 5.41. The van der Waals surface area contributed by atoms with Crippen molar-refractivity contribution >= 4 is 11.6 Å². The Bertz CT molecular complexity index is 569. The van der Waals surface area contributed by atoms with Gasteiger partial charge < -0.3 is 15.4 Å². The largest absolute Gasteiger partial charge is 0.478 e. The average Bonchev–Trinajstić information content (AvgIpc) is 2.47. The smallest absolute Gasteiger partial charge is 0.229 e. The van der Waals surface area contributed by atoms with Crippen LogP contribution in [0, 0.1) is 0 Å². The van der Waals surface area contributed by atoms with Crippen LogP contribution in [0.1, 0.15) is 26.3 Å². The van der Waals surface area contributed by atoms with E-state index < -0.39 is 0 Å². The SMILES string of the molecule is CCOc1ccnc(N(Cc2ccc(N)cc2)C(C)C)n1. The first kappa shape index (κ1) is 15.1. The maximum absolute atomic E-state index is 5.73. The molecular formula is C16H22N4O. The lowest BCUT2D eigenvalue weighted by Gasteiger charge is -2.27. The Morgan fingerprint density at radius 3 is 2.52 bits per heavy atom. The van der Waals surface area contributed by atoms with Crippen LogP contribution in [0.15, 0.2) is 36.5 Å². The van der Waals surface area contributed by atoms with Crippen LogP contribution in [-0.2, 0) is 6.54 Å². The van der Waals surface area contributed by atoms with E-state index in [0.717, 1.165) is 12.2 Å². The van der Waals surface area contributed by atoms with Crippen molar-refractivity contribution in [2.24, 2.45) is 0 Å². The first-order valence-electron chi connectivity index (χ1n) is 7.17. The molecule has 0 saturated heterocycles. The molecule has 0 bridgehead atoms. The number of benzene rings is 1. The molecule has 0 fully saturated rings. The predicted molar refractivity (Wildman–Crippen MR) is 85.4 cm³/mol. The second kappa shape index (κ2) is 6.92. The van der Waals surface area contributed by atoms with Gasteiger partial charge in [-0.05, 0) is 38.5 Å². The molecule has 0 unspecified atom stereocenters. The van der Waals surface area contributed by atoms with Gasteiger partial charge in [0, 0.05) is 30.5 Å². The monoisotopic (exact) mass is 286 g/mol. The van der Waals surface area contributed by atoms with Gasteiger partial charge in [-0.1, -0.05) is 12.1 Å². The van der Waals surface area contributed by atoms with Crippen LogP contribution in [0.5, 0.6) is 5.88 Å². The summed E-state index contributed by atoms with van der Waals surface area (Å²) in [5.41, 5.74) is 7.66. The van der Waals surface area contributed by atoms with E-state index in [1.54, 1.807) is 12.3 Å². The lowest BCUT2D eigenvalue weighted by atomic mass is 10.2. The van der Waals surface area contributed by atoms with Crippen molar-refractivity contribution in [3.05, 3.63) is 42.1 Å². The minimum Gasteiger partial charge on any atom is -0.478 e. The van der Waals surface area contributed by atoms with E-state index in [0.29, 0.717) is 18.4 Å². The highest BCUT2D eigenvalue weighted by atomic mass is 16.5. The Hall–Kier alpha value is -2.30. The van der Waals surface area contributed by atoms with Crippen LogP contribution in [0.4, 0.5) is 11.6 Å². The zero-order valence-corrected chi connectivity index (χ0v) is 12.8. The molecular weight excluding hydrogens is 264 g/mol. The number of aromatic nitrogens is 2. The third kappa shape index (κ3) is 4.08. The highest BCUT2D eigenvalue weighted by Gasteiger charge is 2.14. The predicted octanol–water partition coefficient (Wildman–Crippen LogP) is 2.87. The minimum atomic E-state index is 0.277. The number of rotatable bonds is 6. The maximum Gasteiger partial charge on any atom is 0.229 e. The minimum absolute atomic E-state index is 0.277. The van der Waals surface area contributed by atoms with Crippen molar-refractivity contribution in [3.8, 4) is 5.88 Å². The van der Waals surface area contributed by atoms with Crippen molar-refractivity contribution < 1.29 is 4.74 Å². The molecule has 5 nitrogen and oxygen atoms in total. The number of nitrogens with zero attached hydrogens (tertiary/aromatic N) is 3. The summed E-state index contributed by atoms with van der Waals surface area (Å²) in [5, 5.41) is 0. The van der Waals surface area contributed by atoms with E-state index in [4.69, 9.17) is 10.5 Å². The third-order valence-electron chi connectivity index (χ3n) is 3.12. The summed E-state index contributed by atoms with van der Waals surface area (Å²) >= 11 is 0. The molecule has 0 spiro atoms. The fourth-order valence-electron chi connectivity index (χ4n) is 2.00.